The van der Waals surface area contributed by atoms with Gasteiger partial charge < -0.3 is 9.05 Å². The fraction of sp³-hybridized carbons (Fsp3) is 0.667. The lowest BCUT2D eigenvalue weighted by Gasteiger charge is -2.46. The van der Waals surface area contributed by atoms with Crippen LogP contribution in [0.3, 0.4) is 0 Å². The summed E-state index contributed by atoms with van der Waals surface area (Å²) in [5, 5.41) is 13.3. The lowest BCUT2D eigenvalue weighted by Crippen LogP contribution is -2.49. The smallest absolute Gasteiger partial charge is 0.308 e. The van der Waals surface area contributed by atoms with Crippen molar-refractivity contribution in [3.63, 3.8) is 0 Å². The second kappa shape index (κ2) is 8.59. The molecule has 24 heavy (non-hydrogen) atoms. The minimum Gasteiger partial charge on any atom is -0.308 e. The molecule has 0 aromatic heterocycles. The van der Waals surface area contributed by atoms with Crippen molar-refractivity contribution in [1.29, 1.82) is 0 Å². The summed E-state index contributed by atoms with van der Waals surface area (Å²) in [6.07, 6.45) is 3.87. The van der Waals surface area contributed by atoms with Crippen molar-refractivity contribution >= 4 is 7.60 Å². The van der Waals surface area contributed by atoms with Crippen molar-refractivity contribution in [2.45, 2.75) is 64.2 Å². The van der Waals surface area contributed by atoms with Gasteiger partial charge in [0.15, 0.2) is 5.28 Å². The van der Waals surface area contributed by atoms with E-state index in [9.17, 15) is 9.77 Å². The van der Waals surface area contributed by atoms with Gasteiger partial charge in [-0.1, -0.05) is 49.6 Å². The minimum atomic E-state index is -3.54. The zero-order valence-electron chi connectivity index (χ0n) is 14.9. The Labute approximate surface area is 145 Å². The standard InChI is InChI=1S/C18H29NO4P/c1-4-22-24(21,23-5-2)18(14-10-7-11-15-18)19(20)16(3)17-12-8-6-9-13-17/h6,8-9,12-13,16H,4-5,7,10-11,14-15H2,1-3H3. The highest BCUT2D eigenvalue weighted by molar-refractivity contribution is 7.55. The van der Waals surface area contributed by atoms with Crippen molar-refractivity contribution in [3.05, 3.63) is 35.9 Å². The van der Waals surface area contributed by atoms with Crippen molar-refractivity contribution in [2.75, 3.05) is 13.2 Å². The molecule has 0 bridgehead atoms. The Morgan fingerprint density at radius 3 is 2.12 bits per heavy atom. The first-order valence-corrected chi connectivity index (χ1v) is 10.5. The van der Waals surface area contributed by atoms with Gasteiger partial charge in [-0.25, -0.2) is 0 Å². The van der Waals surface area contributed by atoms with Gasteiger partial charge in [-0.3, -0.25) is 4.57 Å². The van der Waals surface area contributed by atoms with Crippen LogP contribution in [0.4, 0.5) is 0 Å². The highest BCUT2D eigenvalue weighted by atomic mass is 31.2. The Hall–Kier alpha value is -0.710. The maximum atomic E-state index is 13.6. The zero-order chi connectivity index (χ0) is 17.6. The molecular weight excluding hydrogens is 325 g/mol. The topological polar surface area (TPSA) is 58.7 Å². The van der Waals surface area contributed by atoms with Crippen molar-refractivity contribution < 1.29 is 18.8 Å². The summed E-state index contributed by atoms with van der Waals surface area (Å²) in [6, 6.07) is 9.21. The molecule has 2 rings (SSSR count). The van der Waals surface area contributed by atoms with Crippen molar-refractivity contribution in [1.82, 2.24) is 5.06 Å². The molecule has 1 saturated carbocycles. The number of hydrogen-bond acceptors (Lipinski definition) is 4. The van der Waals surface area contributed by atoms with Crippen LogP contribution in [0.1, 0.15) is 64.5 Å². The van der Waals surface area contributed by atoms with Gasteiger partial charge in [0.25, 0.3) is 0 Å². The van der Waals surface area contributed by atoms with Crippen LogP contribution in [-0.4, -0.2) is 23.6 Å². The Balaban J connectivity index is 2.40. The summed E-state index contributed by atoms with van der Waals surface area (Å²) >= 11 is 0. The van der Waals surface area contributed by atoms with E-state index in [0.29, 0.717) is 12.8 Å². The van der Waals surface area contributed by atoms with Crippen LogP contribution < -0.4 is 0 Å². The Morgan fingerprint density at radius 2 is 1.62 bits per heavy atom. The largest absolute Gasteiger partial charge is 0.353 e. The van der Waals surface area contributed by atoms with Gasteiger partial charge in [-0.2, -0.15) is 0 Å². The molecule has 1 atom stereocenters. The predicted octanol–water partition coefficient (Wildman–Crippen LogP) is 5.32. The van der Waals surface area contributed by atoms with Crippen LogP contribution in [-0.2, 0) is 18.8 Å². The summed E-state index contributed by atoms with van der Waals surface area (Å²) < 4.78 is 24.8. The zero-order valence-corrected chi connectivity index (χ0v) is 15.8. The van der Waals surface area contributed by atoms with E-state index in [1.807, 2.05) is 37.3 Å². The third-order valence-electron chi connectivity index (χ3n) is 4.81. The fourth-order valence-electron chi connectivity index (χ4n) is 3.58. The van der Waals surface area contributed by atoms with Gasteiger partial charge in [0, 0.05) is 0 Å². The van der Waals surface area contributed by atoms with E-state index in [0.717, 1.165) is 29.9 Å². The second-order valence-corrected chi connectivity index (χ2v) is 8.63. The predicted molar refractivity (Wildman–Crippen MR) is 94.1 cm³/mol. The number of hydrogen-bond donors (Lipinski definition) is 0. The van der Waals surface area contributed by atoms with Crippen LogP contribution in [0.5, 0.6) is 0 Å². The van der Waals surface area contributed by atoms with E-state index in [-0.39, 0.29) is 13.2 Å². The third-order valence-corrected chi connectivity index (χ3v) is 7.67. The Kier molecular flexibility index (Phi) is 7.02. The molecule has 135 valence electrons. The average molecular weight is 354 g/mol. The minimum absolute atomic E-state index is 0.270. The van der Waals surface area contributed by atoms with Gasteiger partial charge in [0.1, 0.15) is 0 Å². The molecule has 0 amide bonds. The quantitative estimate of drug-likeness (QED) is 0.468. The van der Waals surface area contributed by atoms with Crippen LogP contribution in [0.25, 0.3) is 0 Å². The fourth-order valence-corrected chi connectivity index (χ4v) is 6.09. The normalized spacial score (nSPS) is 19.4. The molecule has 6 heteroatoms. The summed E-state index contributed by atoms with van der Waals surface area (Å²) in [6.45, 7) is 5.98. The molecule has 1 aromatic rings. The van der Waals surface area contributed by atoms with Crippen LogP contribution in [0.2, 0.25) is 0 Å². The average Bonchev–Trinajstić information content (AvgIpc) is 2.62. The van der Waals surface area contributed by atoms with Gasteiger partial charge >= 0.3 is 7.60 Å². The Bertz CT molecular complexity index is 535. The van der Waals surface area contributed by atoms with Crippen LogP contribution in [0.15, 0.2) is 30.3 Å². The molecule has 1 radical (unpaired) electrons. The van der Waals surface area contributed by atoms with Crippen LogP contribution in [0, 0.1) is 0 Å². The lowest BCUT2D eigenvalue weighted by molar-refractivity contribution is -0.240. The van der Waals surface area contributed by atoms with E-state index < -0.39 is 18.9 Å². The molecule has 0 saturated heterocycles. The SMILES string of the molecule is CCOP(=O)(OCC)C1(N([O])C(C)c2ccccc2)CCCCC1. The summed E-state index contributed by atoms with van der Waals surface area (Å²) in [7, 11) is -3.54. The number of hydroxylamine groups is 2. The first-order valence-electron chi connectivity index (χ1n) is 8.91. The summed E-state index contributed by atoms with van der Waals surface area (Å²) in [5.41, 5.74) is 0.914. The molecule has 0 heterocycles. The molecule has 1 aromatic carbocycles. The highest BCUT2D eigenvalue weighted by Gasteiger charge is 2.57. The third kappa shape index (κ3) is 3.76. The molecular formula is C18H29NO4P. The van der Waals surface area contributed by atoms with Gasteiger partial charge in [0.2, 0.25) is 0 Å². The second-order valence-electron chi connectivity index (χ2n) is 6.29. The molecule has 1 aliphatic rings. The monoisotopic (exact) mass is 354 g/mol. The van der Waals surface area contributed by atoms with E-state index in [2.05, 4.69) is 0 Å². The van der Waals surface area contributed by atoms with Gasteiger partial charge in [-0.15, -0.1) is 10.3 Å². The number of nitrogens with zero attached hydrogens (tertiary/aromatic N) is 1. The molecule has 5 nitrogen and oxygen atoms in total. The number of rotatable bonds is 8. The molecule has 1 unspecified atom stereocenters. The molecule has 0 aliphatic heterocycles. The van der Waals surface area contributed by atoms with Crippen molar-refractivity contribution in [2.24, 2.45) is 0 Å². The van der Waals surface area contributed by atoms with E-state index in [4.69, 9.17) is 9.05 Å². The van der Waals surface area contributed by atoms with E-state index in [1.165, 1.54) is 0 Å². The van der Waals surface area contributed by atoms with Crippen LogP contribution >= 0.6 is 7.60 Å². The first kappa shape index (κ1) is 19.6. The maximum Gasteiger partial charge on any atom is 0.353 e. The molecule has 0 N–H and O–H groups in total. The maximum absolute atomic E-state index is 13.6. The van der Waals surface area contributed by atoms with Gasteiger partial charge in [-0.05, 0) is 39.2 Å². The first-order chi connectivity index (χ1) is 11.5. The molecule has 1 fully saturated rings. The van der Waals surface area contributed by atoms with Crippen molar-refractivity contribution in [3.8, 4) is 0 Å². The van der Waals surface area contributed by atoms with E-state index >= 15 is 0 Å². The summed E-state index contributed by atoms with van der Waals surface area (Å²) in [4.78, 5) is 0. The molecule has 1 aliphatic carbocycles. The summed E-state index contributed by atoms with van der Waals surface area (Å²) in [5.74, 6) is 0. The molecule has 0 spiro atoms. The van der Waals surface area contributed by atoms with Gasteiger partial charge in [0.05, 0.1) is 19.3 Å². The number of benzene rings is 1. The van der Waals surface area contributed by atoms with E-state index in [1.54, 1.807) is 13.8 Å². The lowest BCUT2D eigenvalue weighted by atomic mass is 9.93. The Morgan fingerprint density at radius 1 is 1.08 bits per heavy atom. The highest BCUT2D eigenvalue weighted by Crippen LogP contribution is 2.67.